The average molecular weight is 414 g/mol. The molecule has 0 unspecified atom stereocenters. The minimum absolute atomic E-state index is 0.0584. The zero-order chi connectivity index (χ0) is 20.1. The van der Waals surface area contributed by atoms with Crippen molar-refractivity contribution >= 4 is 41.3 Å². The first-order valence-electron chi connectivity index (χ1n) is 8.60. The summed E-state index contributed by atoms with van der Waals surface area (Å²) in [6.45, 7) is 0.361. The molecule has 0 aliphatic rings. The van der Waals surface area contributed by atoms with Gasteiger partial charge in [-0.25, -0.2) is 4.79 Å². The van der Waals surface area contributed by atoms with Crippen LogP contribution < -0.4 is 5.56 Å². The molecule has 3 aromatic rings. The monoisotopic (exact) mass is 413 g/mol. The Kier molecular flexibility index (Phi) is 6.34. The molecule has 0 bridgehead atoms. The van der Waals surface area contributed by atoms with Gasteiger partial charge in [0.25, 0.3) is 5.56 Å². The Labute approximate surface area is 172 Å². The van der Waals surface area contributed by atoms with Crippen molar-refractivity contribution in [1.29, 1.82) is 0 Å². The highest BCUT2D eigenvalue weighted by Gasteiger charge is 2.11. The highest BCUT2D eigenvalue weighted by Crippen LogP contribution is 2.21. The van der Waals surface area contributed by atoms with Gasteiger partial charge in [-0.3, -0.25) is 4.79 Å². The summed E-state index contributed by atoms with van der Waals surface area (Å²) < 4.78 is 1.54. The number of pyridine rings is 1. The number of nitrogens with zero attached hydrogens (tertiary/aromatic N) is 1. The lowest BCUT2D eigenvalue weighted by atomic mass is 10.1. The highest BCUT2D eigenvalue weighted by atomic mass is 35.5. The second-order valence-corrected chi connectivity index (χ2v) is 6.99. The summed E-state index contributed by atoms with van der Waals surface area (Å²) in [6, 6.07) is 17.7. The highest BCUT2D eigenvalue weighted by molar-refractivity contribution is 6.35. The molecule has 0 saturated heterocycles. The minimum atomic E-state index is -0.974. The first kappa shape index (κ1) is 19.9. The third-order valence-electron chi connectivity index (χ3n) is 4.30. The van der Waals surface area contributed by atoms with E-state index in [9.17, 15) is 9.59 Å². The molecule has 0 fully saturated rings. The largest absolute Gasteiger partial charge is 0.478 e. The van der Waals surface area contributed by atoms with Gasteiger partial charge in [0, 0.05) is 6.54 Å². The van der Waals surface area contributed by atoms with E-state index in [1.54, 1.807) is 30.3 Å². The zero-order valence-electron chi connectivity index (χ0n) is 14.8. The Hall–Kier alpha value is -2.82. The number of halogens is 2. The predicted octanol–water partition coefficient (Wildman–Crippen LogP) is 5.27. The summed E-state index contributed by atoms with van der Waals surface area (Å²) in [7, 11) is 0. The van der Waals surface area contributed by atoms with Crippen molar-refractivity contribution in [3.8, 4) is 0 Å². The van der Waals surface area contributed by atoms with Crippen molar-refractivity contribution in [2.75, 3.05) is 0 Å². The smallest absolute Gasteiger partial charge is 0.335 e. The van der Waals surface area contributed by atoms with E-state index in [1.807, 2.05) is 36.4 Å². The summed E-state index contributed by atoms with van der Waals surface area (Å²) in [5.74, 6) is -0.974. The molecule has 28 heavy (non-hydrogen) atoms. The molecule has 0 aliphatic heterocycles. The topological polar surface area (TPSA) is 59.3 Å². The Balaban J connectivity index is 1.89. The number of aromatic nitrogens is 1. The fourth-order valence-electron chi connectivity index (χ4n) is 2.80. The summed E-state index contributed by atoms with van der Waals surface area (Å²) in [5.41, 5.74) is 2.36. The van der Waals surface area contributed by atoms with E-state index >= 15 is 0 Å². The van der Waals surface area contributed by atoms with Crippen LogP contribution in [0.3, 0.4) is 0 Å². The molecule has 6 heteroatoms. The number of rotatable bonds is 6. The van der Waals surface area contributed by atoms with Gasteiger partial charge < -0.3 is 9.67 Å². The fraction of sp³-hybridized carbons (Fsp3) is 0.0909. The molecule has 0 aliphatic carbocycles. The predicted molar refractivity (Wildman–Crippen MR) is 113 cm³/mol. The van der Waals surface area contributed by atoms with Crippen molar-refractivity contribution in [2.24, 2.45) is 0 Å². The second-order valence-electron chi connectivity index (χ2n) is 6.18. The number of carbonyl (C=O) groups is 1. The van der Waals surface area contributed by atoms with E-state index in [0.29, 0.717) is 23.7 Å². The van der Waals surface area contributed by atoms with E-state index in [0.717, 1.165) is 11.1 Å². The number of carboxylic acids is 1. The Morgan fingerprint density at radius 2 is 1.64 bits per heavy atom. The molecule has 4 nitrogen and oxygen atoms in total. The molecule has 0 spiro atoms. The Bertz CT molecular complexity index is 1070. The average Bonchev–Trinajstić information content (AvgIpc) is 2.70. The van der Waals surface area contributed by atoms with Gasteiger partial charge in [-0.2, -0.15) is 0 Å². The van der Waals surface area contributed by atoms with Gasteiger partial charge >= 0.3 is 5.97 Å². The van der Waals surface area contributed by atoms with E-state index in [2.05, 4.69) is 0 Å². The molecule has 1 N–H and O–H groups in total. The maximum Gasteiger partial charge on any atom is 0.335 e. The van der Waals surface area contributed by atoms with Gasteiger partial charge in [0.05, 0.1) is 16.3 Å². The molecule has 1 heterocycles. The van der Waals surface area contributed by atoms with Crippen LogP contribution in [0.2, 0.25) is 10.0 Å². The van der Waals surface area contributed by atoms with Crippen molar-refractivity contribution in [3.05, 3.63) is 103 Å². The third kappa shape index (κ3) is 4.71. The van der Waals surface area contributed by atoms with Crippen LogP contribution >= 0.6 is 23.2 Å². The minimum Gasteiger partial charge on any atom is -0.478 e. The van der Waals surface area contributed by atoms with Gasteiger partial charge in [-0.1, -0.05) is 71.7 Å². The lowest BCUT2D eigenvalue weighted by Crippen LogP contribution is -2.24. The molecule has 0 radical (unpaired) electrons. The quantitative estimate of drug-likeness (QED) is 0.598. The number of aryl methyl sites for hydroxylation is 1. The van der Waals surface area contributed by atoms with Crippen molar-refractivity contribution in [2.45, 2.75) is 13.0 Å². The van der Waals surface area contributed by atoms with Gasteiger partial charge in [0.15, 0.2) is 0 Å². The lowest BCUT2D eigenvalue weighted by Gasteiger charge is -2.13. The van der Waals surface area contributed by atoms with Crippen LogP contribution in [0.5, 0.6) is 0 Å². The van der Waals surface area contributed by atoms with E-state index in [1.165, 1.54) is 10.6 Å². The van der Waals surface area contributed by atoms with E-state index < -0.39 is 5.97 Å². The summed E-state index contributed by atoms with van der Waals surface area (Å²) in [5, 5.41) is 9.43. The lowest BCUT2D eigenvalue weighted by molar-refractivity contribution is 0.0697. The molecule has 0 saturated carbocycles. The Morgan fingerprint density at radius 3 is 2.29 bits per heavy atom. The SMILES string of the molecule is O=C(O)c1ccc(CCn2c(C=Cc3ccccc3)c(Cl)cc(Cl)c2=O)cc1. The normalized spacial score (nSPS) is 11.1. The molecule has 0 amide bonds. The van der Waals surface area contributed by atoms with Crippen LogP contribution in [0.15, 0.2) is 65.5 Å². The second kappa shape index (κ2) is 8.91. The first-order chi connectivity index (χ1) is 13.5. The molecular weight excluding hydrogens is 397 g/mol. The van der Waals surface area contributed by atoms with Crippen LogP contribution in [0.25, 0.3) is 12.2 Å². The fourth-order valence-corrected chi connectivity index (χ4v) is 3.34. The number of hydrogen-bond acceptors (Lipinski definition) is 2. The number of aromatic carboxylic acids is 1. The van der Waals surface area contributed by atoms with Crippen molar-refractivity contribution in [1.82, 2.24) is 4.57 Å². The maximum absolute atomic E-state index is 12.6. The number of carboxylic acid groups (broad SMARTS) is 1. The van der Waals surface area contributed by atoms with Crippen LogP contribution in [0, 0.1) is 0 Å². The van der Waals surface area contributed by atoms with Crippen LogP contribution in [-0.4, -0.2) is 15.6 Å². The van der Waals surface area contributed by atoms with Gasteiger partial charge in [-0.05, 0) is 41.8 Å². The van der Waals surface area contributed by atoms with E-state index in [-0.39, 0.29) is 16.1 Å². The number of benzene rings is 2. The summed E-state index contributed by atoms with van der Waals surface area (Å²) >= 11 is 12.4. The number of hydrogen-bond donors (Lipinski definition) is 1. The van der Waals surface area contributed by atoms with Gasteiger partial charge in [0.2, 0.25) is 0 Å². The molecule has 142 valence electrons. The van der Waals surface area contributed by atoms with Crippen LogP contribution in [-0.2, 0) is 13.0 Å². The van der Waals surface area contributed by atoms with Crippen molar-refractivity contribution < 1.29 is 9.90 Å². The Morgan fingerprint density at radius 1 is 0.964 bits per heavy atom. The molecule has 3 rings (SSSR count). The van der Waals surface area contributed by atoms with Crippen LogP contribution in [0.1, 0.15) is 27.2 Å². The zero-order valence-corrected chi connectivity index (χ0v) is 16.3. The van der Waals surface area contributed by atoms with E-state index in [4.69, 9.17) is 28.3 Å². The van der Waals surface area contributed by atoms with Crippen molar-refractivity contribution in [3.63, 3.8) is 0 Å². The molecule has 2 aromatic carbocycles. The third-order valence-corrected chi connectivity index (χ3v) is 4.87. The molecular formula is C22H17Cl2NO3. The van der Waals surface area contributed by atoms with Crippen LogP contribution in [0.4, 0.5) is 0 Å². The van der Waals surface area contributed by atoms with Gasteiger partial charge in [0.1, 0.15) is 5.02 Å². The summed E-state index contributed by atoms with van der Waals surface area (Å²) in [6.07, 6.45) is 4.21. The standard InChI is InChI=1S/C22H17Cl2NO3/c23-18-14-19(24)21(26)25(20(18)11-8-15-4-2-1-3-5-15)13-12-16-6-9-17(10-7-16)22(27)28/h1-11,14H,12-13H2,(H,27,28). The molecule has 0 atom stereocenters. The molecule has 1 aromatic heterocycles. The first-order valence-corrected chi connectivity index (χ1v) is 9.35. The van der Waals surface area contributed by atoms with Gasteiger partial charge in [-0.15, -0.1) is 0 Å². The maximum atomic E-state index is 12.6. The summed E-state index contributed by atoms with van der Waals surface area (Å²) in [4.78, 5) is 23.5.